The lowest BCUT2D eigenvalue weighted by molar-refractivity contribution is -0.137. The molecule has 0 aromatic heterocycles. The minimum atomic E-state index is 0.117. The molecule has 1 aliphatic heterocycles. The van der Waals surface area contributed by atoms with Gasteiger partial charge in [0.05, 0.1) is 20.6 Å². The van der Waals surface area contributed by atoms with Crippen LogP contribution in [0.2, 0.25) is 0 Å². The van der Waals surface area contributed by atoms with Gasteiger partial charge in [-0.25, -0.2) is 0 Å². The van der Waals surface area contributed by atoms with Gasteiger partial charge in [0.2, 0.25) is 11.8 Å². The largest absolute Gasteiger partial charge is 0.497 e. The Morgan fingerprint density at radius 1 is 1.00 bits per heavy atom. The van der Waals surface area contributed by atoms with Gasteiger partial charge in [0, 0.05) is 37.7 Å². The zero-order valence-corrected chi connectivity index (χ0v) is 20.5. The summed E-state index contributed by atoms with van der Waals surface area (Å²) < 4.78 is 10.8. The van der Waals surface area contributed by atoms with E-state index in [4.69, 9.17) is 9.47 Å². The number of carbonyl (C=O) groups excluding carboxylic acids is 2. The first-order chi connectivity index (χ1) is 16.5. The molecular weight excluding hydrogens is 428 g/mol. The fourth-order valence-electron chi connectivity index (χ4n) is 5.10. The number of hydrogen-bond donors (Lipinski definition) is 0. The molecule has 0 unspecified atom stereocenters. The van der Waals surface area contributed by atoms with E-state index in [1.807, 2.05) is 53.2 Å². The smallest absolute Gasteiger partial charge is 0.227 e. The molecule has 1 saturated heterocycles. The zero-order valence-electron chi connectivity index (χ0n) is 20.5. The summed E-state index contributed by atoms with van der Waals surface area (Å²) in [5, 5.41) is 0. The molecule has 2 aromatic carbocycles. The van der Waals surface area contributed by atoms with E-state index in [-0.39, 0.29) is 23.8 Å². The van der Waals surface area contributed by atoms with E-state index < -0.39 is 0 Å². The van der Waals surface area contributed by atoms with E-state index in [1.54, 1.807) is 14.2 Å². The second-order valence-corrected chi connectivity index (χ2v) is 9.55. The summed E-state index contributed by atoms with van der Waals surface area (Å²) in [5.41, 5.74) is 2.09. The predicted octanol–water partition coefficient (Wildman–Crippen LogP) is 3.96. The molecule has 0 spiro atoms. The van der Waals surface area contributed by atoms with Crippen LogP contribution in [-0.2, 0) is 22.4 Å². The van der Waals surface area contributed by atoms with Gasteiger partial charge in [0.25, 0.3) is 0 Å². The van der Waals surface area contributed by atoms with Crippen molar-refractivity contribution in [3.05, 3.63) is 59.7 Å². The van der Waals surface area contributed by atoms with Gasteiger partial charge >= 0.3 is 0 Å². The van der Waals surface area contributed by atoms with Gasteiger partial charge in [-0.15, -0.1) is 0 Å². The molecule has 1 heterocycles. The Kier molecular flexibility index (Phi) is 7.76. The molecule has 2 fully saturated rings. The highest BCUT2D eigenvalue weighted by Gasteiger charge is 2.38. The first-order valence-corrected chi connectivity index (χ1v) is 12.3. The summed E-state index contributed by atoms with van der Waals surface area (Å²) in [6.07, 6.45) is 4.95. The van der Waals surface area contributed by atoms with Crippen LogP contribution in [0.25, 0.3) is 0 Å². The summed E-state index contributed by atoms with van der Waals surface area (Å²) in [5.74, 6) is 2.54. The van der Waals surface area contributed by atoms with E-state index in [1.165, 1.54) is 5.56 Å². The van der Waals surface area contributed by atoms with E-state index in [2.05, 4.69) is 12.1 Å². The number of methoxy groups -OCH3 is 2. The van der Waals surface area contributed by atoms with Crippen molar-refractivity contribution in [2.75, 3.05) is 34.4 Å². The van der Waals surface area contributed by atoms with Crippen molar-refractivity contribution < 1.29 is 19.1 Å². The van der Waals surface area contributed by atoms with Gasteiger partial charge in [-0.2, -0.15) is 0 Å². The lowest BCUT2D eigenvalue weighted by Gasteiger charge is -2.40. The Labute approximate surface area is 202 Å². The molecule has 0 radical (unpaired) electrons. The summed E-state index contributed by atoms with van der Waals surface area (Å²) in [4.78, 5) is 29.9. The van der Waals surface area contributed by atoms with E-state index in [0.29, 0.717) is 12.3 Å². The average molecular weight is 465 g/mol. The molecule has 2 aromatic rings. The number of piperidine rings is 1. The molecule has 1 atom stereocenters. The Bertz CT molecular complexity index is 995. The van der Waals surface area contributed by atoms with E-state index in [0.717, 1.165) is 62.3 Å². The number of nitrogens with zero attached hydrogens (tertiary/aromatic N) is 2. The summed E-state index contributed by atoms with van der Waals surface area (Å²) >= 11 is 0. The molecule has 0 N–H and O–H groups in total. The van der Waals surface area contributed by atoms with Crippen LogP contribution in [0, 0.1) is 11.8 Å². The lowest BCUT2D eigenvalue weighted by atomic mass is 9.84. The highest BCUT2D eigenvalue weighted by Crippen LogP contribution is 2.34. The van der Waals surface area contributed by atoms with Crippen LogP contribution in [0.15, 0.2) is 48.5 Å². The molecule has 1 saturated carbocycles. The normalized spacial score (nSPS) is 17.2. The van der Waals surface area contributed by atoms with Crippen molar-refractivity contribution in [1.29, 1.82) is 0 Å². The van der Waals surface area contributed by atoms with Crippen LogP contribution >= 0.6 is 0 Å². The first-order valence-electron chi connectivity index (χ1n) is 12.3. The minimum absolute atomic E-state index is 0.117. The van der Waals surface area contributed by atoms with Gasteiger partial charge in [-0.3, -0.25) is 9.59 Å². The number of para-hydroxylation sites is 1. The van der Waals surface area contributed by atoms with Crippen molar-refractivity contribution >= 4 is 11.8 Å². The number of amides is 2. The van der Waals surface area contributed by atoms with Crippen molar-refractivity contribution in [1.82, 2.24) is 9.80 Å². The quantitative estimate of drug-likeness (QED) is 0.564. The summed E-state index contributed by atoms with van der Waals surface area (Å²) in [6.45, 7) is 1.44. The van der Waals surface area contributed by atoms with Crippen LogP contribution in [0.1, 0.15) is 36.8 Å². The van der Waals surface area contributed by atoms with Crippen LogP contribution in [0.5, 0.6) is 11.5 Å². The summed E-state index contributed by atoms with van der Waals surface area (Å²) in [7, 11) is 5.28. The summed E-state index contributed by atoms with van der Waals surface area (Å²) in [6, 6.07) is 15.9. The van der Waals surface area contributed by atoms with Crippen molar-refractivity contribution in [2.24, 2.45) is 11.8 Å². The molecule has 2 aliphatic rings. The number of benzene rings is 2. The van der Waals surface area contributed by atoms with Crippen molar-refractivity contribution in [3.63, 3.8) is 0 Å². The number of rotatable bonds is 9. The van der Waals surface area contributed by atoms with Crippen molar-refractivity contribution in [2.45, 2.75) is 44.6 Å². The Morgan fingerprint density at radius 3 is 2.41 bits per heavy atom. The lowest BCUT2D eigenvalue weighted by Crippen LogP contribution is -2.49. The molecule has 1 aliphatic carbocycles. The first kappa shape index (κ1) is 24.1. The maximum absolute atomic E-state index is 13.0. The molecule has 2 amide bonds. The molecule has 34 heavy (non-hydrogen) atoms. The third-order valence-corrected chi connectivity index (χ3v) is 7.32. The standard InChI is InChI=1S/C28H36N2O4/c1-29(28(32)22-11-12-22)25(18-20-7-6-9-24(17-20)33-2)21-13-15-30(16-14-21)27(31)19-23-8-4-5-10-26(23)34-3/h4-10,17,21-22,25H,11-16,18-19H2,1-3H3/t25-/m0/s1. The number of carbonyl (C=O) groups is 2. The average Bonchev–Trinajstić information content (AvgIpc) is 3.72. The number of likely N-dealkylation sites (N-methyl/N-ethyl adjacent to an activating group) is 1. The Morgan fingerprint density at radius 2 is 1.74 bits per heavy atom. The fourth-order valence-corrected chi connectivity index (χ4v) is 5.10. The van der Waals surface area contributed by atoms with E-state index in [9.17, 15) is 9.59 Å². The molecule has 0 bridgehead atoms. The molecule has 182 valence electrons. The van der Waals surface area contributed by atoms with Gasteiger partial charge < -0.3 is 19.3 Å². The number of likely N-dealkylation sites (tertiary alicyclic amines) is 1. The Balaban J connectivity index is 1.42. The van der Waals surface area contributed by atoms with Crippen LogP contribution < -0.4 is 9.47 Å². The highest BCUT2D eigenvalue weighted by molar-refractivity contribution is 5.81. The van der Waals surface area contributed by atoms with Gasteiger partial charge in [0.1, 0.15) is 11.5 Å². The minimum Gasteiger partial charge on any atom is -0.497 e. The highest BCUT2D eigenvalue weighted by atomic mass is 16.5. The topological polar surface area (TPSA) is 59.1 Å². The maximum Gasteiger partial charge on any atom is 0.227 e. The Hall–Kier alpha value is -3.02. The van der Waals surface area contributed by atoms with Crippen molar-refractivity contribution in [3.8, 4) is 11.5 Å². The third-order valence-electron chi connectivity index (χ3n) is 7.32. The van der Waals surface area contributed by atoms with Crippen LogP contribution in [0.3, 0.4) is 0 Å². The fraction of sp³-hybridized carbons (Fsp3) is 0.500. The third kappa shape index (κ3) is 5.72. The second kappa shape index (κ2) is 10.9. The van der Waals surface area contributed by atoms with Gasteiger partial charge in [-0.1, -0.05) is 30.3 Å². The van der Waals surface area contributed by atoms with Gasteiger partial charge in [0.15, 0.2) is 0 Å². The monoisotopic (exact) mass is 464 g/mol. The number of hydrogen-bond acceptors (Lipinski definition) is 4. The van der Waals surface area contributed by atoms with Crippen LogP contribution in [0.4, 0.5) is 0 Å². The van der Waals surface area contributed by atoms with E-state index >= 15 is 0 Å². The SMILES string of the molecule is COc1cccc(C[C@@H](C2CCN(C(=O)Cc3ccccc3OC)CC2)N(C)C(=O)C2CC2)c1. The molecule has 4 rings (SSSR count). The molecule has 6 nitrogen and oxygen atoms in total. The molecular formula is C28H36N2O4. The zero-order chi connectivity index (χ0) is 24.1. The number of ether oxygens (including phenoxy) is 2. The molecule has 6 heteroatoms. The van der Waals surface area contributed by atoms with Crippen LogP contribution in [-0.4, -0.2) is 62.0 Å². The second-order valence-electron chi connectivity index (χ2n) is 9.55. The predicted molar refractivity (Wildman–Crippen MR) is 132 cm³/mol. The van der Waals surface area contributed by atoms with Gasteiger partial charge in [-0.05, 0) is 61.8 Å². The maximum atomic E-state index is 13.0.